The van der Waals surface area contributed by atoms with Gasteiger partial charge in [0.2, 0.25) is 15.8 Å². The van der Waals surface area contributed by atoms with Crippen LogP contribution in [0.25, 0.3) is 11.4 Å². The average molecular weight is 391 g/mol. The summed E-state index contributed by atoms with van der Waals surface area (Å²) in [7, 11) is -1.88. The predicted molar refractivity (Wildman–Crippen MR) is 93.5 cm³/mol. The third-order valence-corrected chi connectivity index (χ3v) is 6.66. The summed E-state index contributed by atoms with van der Waals surface area (Å²) in [6.45, 7) is 0.775. The van der Waals surface area contributed by atoms with Gasteiger partial charge in [-0.3, -0.25) is 4.68 Å². The summed E-state index contributed by atoms with van der Waals surface area (Å²) in [6.07, 6.45) is 3.26. The first-order valence-electron chi connectivity index (χ1n) is 8.48. The number of piperidine rings is 1. The third-order valence-electron chi connectivity index (χ3n) is 4.77. The van der Waals surface area contributed by atoms with Crippen molar-refractivity contribution >= 4 is 10.0 Å². The highest BCUT2D eigenvalue weighted by Gasteiger charge is 2.31. The maximum absolute atomic E-state index is 14.1. The lowest BCUT2D eigenvalue weighted by Crippen LogP contribution is -2.38. The van der Waals surface area contributed by atoms with E-state index in [-0.39, 0.29) is 22.2 Å². The molecule has 0 bridgehead atoms. The Morgan fingerprint density at radius 2 is 2.00 bits per heavy atom. The number of tetrazole rings is 1. The first-order chi connectivity index (χ1) is 12.9. The third kappa shape index (κ3) is 3.35. The van der Waals surface area contributed by atoms with Crippen LogP contribution in [0.2, 0.25) is 0 Å². The molecule has 1 aliphatic heterocycles. The van der Waals surface area contributed by atoms with Crippen molar-refractivity contribution in [3.63, 3.8) is 0 Å². The maximum Gasteiger partial charge on any atom is 0.243 e. The quantitative estimate of drug-likeness (QED) is 0.718. The molecule has 9 nitrogen and oxygen atoms in total. The van der Waals surface area contributed by atoms with Gasteiger partial charge in [-0.1, -0.05) is 0 Å². The zero-order chi connectivity index (χ0) is 19.0. The van der Waals surface area contributed by atoms with E-state index in [1.807, 2.05) is 19.3 Å². The number of aromatic nitrogens is 6. The summed E-state index contributed by atoms with van der Waals surface area (Å²) in [5.41, 5.74) is 0.976. The molecule has 1 aliphatic rings. The van der Waals surface area contributed by atoms with E-state index >= 15 is 0 Å². The van der Waals surface area contributed by atoms with E-state index in [1.54, 1.807) is 4.68 Å². The molecule has 0 atom stereocenters. The van der Waals surface area contributed by atoms with Gasteiger partial charge in [0.05, 0.1) is 16.2 Å². The largest absolute Gasteiger partial charge is 0.276 e. The highest BCUT2D eigenvalue weighted by Crippen LogP contribution is 2.31. The number of aryl methyl sites for hydroxylation is 1. The Hall–Kier alpha value is -2.66. The van der Waals surface area contributed by atoms with Gasteiger partial charge in [0.25, 0.3) is 0 Å². The molecular weight excluding hydrogens is 373 g/mol. The van der Waals surface area contributed by atoms with E-state index in [2.05, 4.69) is 25.7 Å². The van der Waals surface area contributed by atoms with Gasteiger partial charge in [0.1, 0.15) is 5.82 Å². The van der Waals surface area contributed by atoms with Crippen molar-refractivity contribution in [1.29, 1.82) is 0 Å². The second-order valence-corrected chi connectivity index (χ2v) is 8.41. The first kappa shape index (κ1) is 17.7. The van der Waals surface area contributed by atoms with Gasteiger partial charge in [0.15, 0.2) is 0 Å². The van der Waals surface area contributed by atoms with Gasteiger partial charge in [-0.15, -0.1) is 10.2 Å². The lowest BCUT2D eigenvalue weighted by Gasteiger charge is -2.30. The molecule has 0 aliphatic carbocycles. The molecule has 0 unspecified atom stereocenters. The zero-order valence-electron chi connectivity index (χ0n) is 14.6. The second kappa shape index (κ2) is 6.82. The van der Waals surface area contributed by atoms with Crippen molar-refractivity contribution in [2.45, 2.75) is 23.7 Å². The standard InChI is InChI=1S/C16H18FN7O2S/c1-23-7-6-15(20-23)11-4-8-24(9-5-11)27(25,26)12-2-3-14(17)13(10-12)16-18-21-22-19-16/h2-3,6-7,10-11H,4-5,8-9H2,1H3,(H,18,19,21,22). The monoisotopic (exact) mass is 391 g/mol. The molecule has 11 heteroatoms. The van der Waals surface area contributed by atoms with Crippen LogP contribution >= 0.6 is 0 Å². The van der Waals surface area contributed by atoms with Gasteiger partial charge in [-0.05, 0) is 42.3 Å². The number of rotatable bonds is 4. The minimum absolute atomic E-state index is 0.00630. The number of nitrogens with one attached hydrogen (secondary N) is 1. The van der Waals surface area contributed by atoms with Gasteiger partial charge >= 0.3 is 0 Å². The van der Waals surface area contributed by atoms with Crippen LogP contribution in [0.3, 0.4) is 0 Å². The molecule has 1 N–H and O–H groups in total. The number of halogens is 1. The fourth-order valence-corrected chi connectivity index (χ4v) is 4.80. The number of hydrogen-bond acceptors (Lipinski definition) is 6. The molecule has 27 heavy (non-hydrogen) atoms. The molecule has 1 fully saturated rings. The summed E-state index contributed by atoms with van der Waals surface area (Å²) in [6, 6.07) is 5.59. The second-order valence-electron chi connectivity index (χ2n) is 6.47. The molecule has 4 rings (SSSR count). The normalized spacial score (nSPS) is 16.7. The van der Waals surface area contributed by atoms with Gasteiger partial charge in [-0.2, -0.15) is 14.6 Å². The zero-order valence-corrected chi connectivity index (χ0v) is 15.4. The molecule has 0 saturated carbocycles. The van der Waals surface area contributed by atoms with Crippen molar-refractivity contribution < 1.29 is 12.8 Å². The summed E-state index contributed by atoms with van der Waals surface area (Å²) in [4.78, 5) is 0.0139. The molecule has 0 amide bonds. The average Bonchev–Trinajstić information content (AvgIpc) is 3.34. The van der Waals surface area contributed by atoms with Crippen molar-refractivity contribution in [1.82, 2.24) is 34.7 Å². The molecule has 3 aromatic rings. The van der Waals surface area contributed by atoms with Crippen LogP contribution in [-0.4, -0.2) is 56.2 Å². The molecule has 0 radical (unpaired) electrons. The van der Waals surface area contributed by atoms with Crippen molar-refractivity contribution in [3.8, 4) is 11.4 Å². The van der Waals surface area contributed by atoms with Crippen LogP contribution in [0.15, 0.2) is 35.4 Å². The smallest absolute Gasteiger partial charge is 0.243 e. The Kier molecular flexibility index (Phi) is 4.48. The number of hydrogen-bond donors (Lipinski definition) is 1. The summed E-state index contributed by atoms with van der Waals surface area (Å²) < 4.78 is 43.2. The number of H-pyrrole nitrogens is 1. The van der Waals surface area contributed by atoms with E-state index < -0.39 is 15.8 Å². The van der Waals surface area contributed by atoms with E-state index in [9.17, 15) is 12.8 Å². The Labute approximate surface area is 155 Å². The predicted octanol–water partition coefficient (Wildman–Crippen LogP) is 1.31. The molecule has 3 heterocycles. The summed E-state index contributed by atoms with van der Waals surface area (Å²) in [5.74, 6) is -0.358. The SMILES string of the molecule is Cn1ccc(C2CCN(S(=O)(=O)c3ccc(F)c(-c4nn[nH]n4)c3)CC2)n1. The van der Waals surface area contributed by atoms with Crippen LogP contribution < -0.4 is 0 Å². The van der Waals surface area contributed by atoms with Crippen LogP contribution in [-0.2, 0) is 17.1 Å². The van der Waals surface area contributed by atoms with Gasteiger partial charge < -0.3 is 0 Å². The van der Waals surface area contributed by atoms with Crippen LogP contribution in [0.5, 0.6) is 0 Å². The molecule has 2 aromatic heterocycles. The number of sulfonamides is 1. The fourth-order valence-electron chi connectivity index (χ4n) is 3.30. The lowest BCUT2D eigenvalue weighted by atomic mass is 9.95. The summed E-state index contributed by atoms with van der Waals surface area (Å²) >= 11 is 0. The van der Waals surface area contributed by atoms with Crippen molar-refractivity contribution in [2.24, 2.45) is 7.05 Å². The van der Waals surface area contributed by atoms with E-state index in [0.29, 0.717) is 25.9 Å². The first-order valence-corrected chi connectivity index (χ1v) is 9.92. The minimum Gasteiger partial charge on any atom is -0.276 e. The number of nitrogens with zero attached hydrogens (tertiary/aromatic N) is 6. The van der Waals surface area contributed by atoms with Crippen LogP contribution in [0.4, 0.5) is 4.39 Å². The van der Waals surface area contributed by atoms with Gasteiger partial charge in [0, 0.05) is 32.3 Å². The van der Waals surface area contributed by atoms with Gasteiger partial charge in [-0.25, -0.2) is 12.8 Å². The highest BCUT2D eigenvalue weighted by atomic mass is 32.2. The number of benzene rings is 1. The molecule has 1 aromatic carbocycles. The summed E-state index contributed by atoms with van der Waals surface area (Å²) in [5, 5.41) is 17.5. The Bertz CT molecular complexity index is 1040. The van der Waals surface area contributed by atoms with Crippen LogP contribution in [0, 0.1) is 5.82 Å². The Balaban J connectivity index is 1.55. The van der Waals surface area contributed by atoms with Crippen molar-refractivity contribution in [2.75, 3.05) is 13.1 Å². The Morgan fingerprint density at radius 3 is 2.63 bits per heavy atom. The topological polar surface area (TPSA) is 110 Å². The lowest BCUT2D eigenvalue weighted by molar-refractivity contribution is 0.316. The Morgan fingerprint density at radius 1 is 1.22 bits per heavy atom. The van der Waals surface area contributed by atoms with Crippen molar-refractivity contribution in [3.05, 3.63) is 42.0 Å². The number of aromatic amines is 1. The minimum atomic E-state index is -3.74. The highest BCUT2D eigenvalue weighted by molar-refractivity contribution is 7.89. The molecule has 142 valence electrons. The molecule has 0 spiro atoms. The van der Waals surface area contributed by atoms with E-state index in [4.69, 9.17) is 0 Å². The molecule has 1 saturated heterocycles. The van der Waals surface area contributed by atoms with E-state index in [0.717, 1.165) is 11.8 Å². The van der Waals surface area contributed by atoms with E-state index in [1.165, 1.54) is 16.4 Å². The fraction of sp³-hybridized carbons (Fsp3) is 0.375. The van der Waals surface area contributed by atoms with Crippen LogP contribution in [0.1, 0.15) is 24.5 Å². The molecular formula is C16H18FN7O2S. The maximum atomic E-state index is 14.1.